The number of hydrogen-bond acceptors (Lipinski definition) is 4. The summed E-state index contributed by atoms with van der Waals surface area (Å²) in [6, 6.07) is 16.3. The van der Waals surface area contributed by atoms with Crippen molar-refractivity contribution in [2.75, 3.05) is 0 Å². The van der Waals surface area contributed by atoms with E-state index in [1.807, 2.05) is 35.7 Å². The lowest BCUT2D eigenvalue weighted by molar-refractivity contribution is -0.120. The Balaban J connectivity index is 1.60. The minimum absolute atomic E-state index is 0.0386. The zero-order chi connectivity index (χ0) is 23.8. The molecular weight excluding hydrogens is 436 g/mol. The van der Waals surface area contributed by atoms with E-state index in [1.165, 1.54) is 23.3 Å². The average molecular weight is 463 g/mol. The Hall–Kier alpha value is -3.49. The van der Waals surface area contributed by atoms with Gasteiger partial charge in [0.25, 0.3) is 0 Å². The number of nitrogens with zero attached hydrogens (tertiary/aromatic N) is 2. The number of aryl methyl sites for hydroxylation is 3. The average Bonchev–Trinajstić information content (AvgIpc) is 3.13. The van der Waals surface area contributed by atoms with Crippen molar-refractivity contribution in [2.45, 2.75) is 38.6 Å². The summed E-state index contributed by atoms with van der Waals surface area (Å²) in [4.78, 5) is 17.8. The van der Waals surface area contributed by atoms with Gasteiger partial charge in [-0.1, -0.05) is 30.3 Å². The number of imidazole rings is 1. The summed E-state index contributed by atoms with van der Waals surface area (Å²) in [6.45, 7) is 6.41. The quantitative estimate of drug-likeness (QED) is 0.458. The molecule has 0 spiro atoms. The number of nitrogens with two attached hydrogens (primary N) is 1. The second-order valence-corrected chi connectivity index (χ2v) is 9.79. The molecule has 8 heteroatoms. The number of sulfonamides is 1. The molecule has 0 aliphatic rings. The Labute approximate surface area is 193 Å². The number of nitrogens with one attached hydrogen (secondary N) is 1. The fraction of sp³-hybridized carbons (Fsp3) is 0.200. The van der Waals surface area contributed by atoms with Gasteiger partial charge >= 0.3 is 0 Å². The number of hydrogen-bond donors (Lipinski definition) is 2. The maximum Gasteiger partial charge on any atom is 0.238 e. The third kappa shape index (κ3) is 4.81. The smallest absolute Gasteiger partial charge is 0.238 e. The summed E-state index contributed by atoms with van der Waals surface area (Å²) < 4.78 is 24.8. The molecule has 0 atom stereocenters. The van der Waals surface area contributed by atoms with Crippen LogP contribution < -0.4 is 10.5 Å². The van der Waals surface area contributed by atoms with Crippen LogP contribution in [0.3, 0.4) is 0 Å². The van der Waals surface area contributed by atoms with E-state index in [9.17, 15) is 13.2 Å². The standard InChI is InChI=1S/C25H26N4O3S/c1-16-6-9-20(13-18(16)3)24-22(29-12-4-5-17(2)25(29)28-24)14-23(30)27-15-19-7-10-21(11-8-19)33(26,31)32/h4-13H,14-15H2,1-3H3,(H,27,30)(H2,26,31,32). The minimum Gasteiger partial charge on any atom is -0.352 e. The van der Waals surface area contributed by atoms with Crippen LogP contribution in [0.1, 0.15) is 27.9 Å². The normalized spacial score (nSPS) is 11.6. The van der Waals surface area contributed by atoms with Crippen LogP contribution in [0, 0.1) is 20.8 Å². The van der Waals surface area contributed by atoms with Crippen LogP contribution in [-0.4, -0.2) is 23.7 Å². The largest absolute Gasteiger partial charge is 0.352 e. The van der Waals surface area contributed by atoms with Crippen molar-refractivity contribution in [1.82, 2.24) is 14.7 Å². The maximum absolute atomic E-state index is 12.9. The van der Waals surface area contributed by atoms with Gasteiger partial charge in [0.2, 0.25) is 15.9 Å². The first-order valence-electron chi connectivity index (χ1n) is 10.6. The molecule has 0 fully saturated rings. The van der Waals surface area contributed by atoms with Crippen molar-refractivity contribution in [3.8, 4) is 11.3 Å². The SMILES string of the molecule is Cc1ccc(-c2nc3c(C)cccn3c2CC(=O)NCc2ccc(S(N)(=O)=O)cc2)cc1C. The highest BCUT2D eigenvalue weighted by atomic mass is 32.2. The highest BCUT2D eigenvalue weighted by Gasteiger charge is 2.18. The Morgan fingerprint density at radius 1 is 1.00 bits per heavy atom. The van der Waals surface area contributed by atoms with Crippen molar-refractivity contribution in [1.29, 1.82) is 0 Å². The number of amides is 1. The van der Waals surface area contributed by atoms with Gasteiger partial charge in [-0.3, -0.25) is 4.79 Å². The maximum atomic E-state index is 12.9. The molecule has 4 aromatic rings. The van der Waals surface area contributed by atoms with Crippen LogP contribution in [0.5, 0.6) is 0 Å². The van der Waals surface area contributed by atoms with Crippen LogP contribution in [0.2, 0.25) is 0 Å². The van der Waals surface area contributed by atoms with Gasteiger partial charge < -0.3 is 9.72 Å². The highest BCUT2D eigenvalue weighted by molar-refractivity contribution is 7.89. The van der Waals surface area contributed by atoms with Crippen molar-refractivity contribution < 1.29 is 13.2 Å². The Kier molecular flexibility index (Phi) is 6.05. The second-order valence-electron chi connectivity index (χ2n) is 8.23. The van der Waals surface area contributed by atoms with E-state index in [1.54, 1.807) is 12.1 Å². The Morgan fingerprint density at radius 2 is 1.73 bits per heavy atom. The van der Waals surface area contributed by atoms with Gasteiger partial charge in [-0.25, -0.2) is 18.5 Å². The summed E-state index contributed by atoms with van der Waals surface area (Å²) in [5.74, 6) is -0.154. The molecule has 2 aromatic heterocycles. The van der Waals surface area contributed by atoms with Gasteiger partial charge in [0, 0.05) is 18.3 Å². The molecule has 0 bridgehead atoms. The molecule has 0 radical (unpaired) electrons. The fourth-order valence-corrected chi connectivity index (χ4v) is 4.27. The van der Waals surface area contributed by atoms with Gasteiger partial charge in [0.05, 0.1) is 22.7 Å². The van der Waals surface area contributed by atoms with E-state index in [-0.39, 0.29) is 23.8 Å². The summed E-state index contributed by atoms with van der Waals surface area (Å²) in [6.07, 6.45) is 2.08. The molecule has 4 rings (SSSR count). The van der Waals surface area contributed by atoms with E-state index in [4.69, 9.17) is 10.1 Å². The second kappa shape index (κ2) is 8.80. The van der Waals surface area contributed by atoms with E-state index in [2.05, 4.69) is 31.3 Å². The molecule has 0 aliphatic carbocycles. The van der Waals surface area contributed by atoms with E-state index < -0.39 is 10.0 Å². The van der Waals surface area contributed by atoms with Gasteiger partial charge in [0.15, 0.2) is 0 Å². The minimum atomic E-state index is -3.74. The molecule has 1 amide bonds. The predicted octanol–water partition coefficient (Wildman–Crippen LogP) is 3.43. The third-order valence-electron chi connectivity index (χ3n) is 5.79. The molecular formula is C25H26N4O3S. The topological polar surface area (TPSA) is 107 Å². The number of carbonyl (C=O) groups excluding carboxylic acids is 1. The molecule has 0 unspecified atom stereocenters. The van der Waals surface area contributed by atoms with Gasteiger partial charge in [-0.15, -0.1) is 0 Å². The van der Waals surface area contributed by atoms with E-state index >= 15 is 0 Å². The summed E-state index contributed by atoms with van der Waals surface area (Å²) in [5.41, 5.74) is 7.59. The van der Waals surface area contributed by atoms with Crippen LogP contribution in [0.25, 0.3) is 16.9 Å². The third-order valence-corrected chi connectivity index (χ3v) is 6.72. The lowest BCUT2D eigenvalue weighted by atomic mass is 10.0. The zero-order valence-electron chi connectivity index (χ0n) is 18.8. The molecule has 33 heavy (non-hydrogen) atoms. The molecule has 0 saturated carbocycles. The summed E-state index contributed by atoms with van der Waals surface area (Å²) >= 11 is 0. The van der Waals surface area contributed by atoms with Crippen LogP contribution in [-0.2, 0) is 27.8 Å². The number of pyridine rings is 1. The number of fused-ring (bicyclic) bond motifs is 1. The zero-order valence-corrected chi connectivity index (χ0v) is 19.6. The molecule has 2 aromatic carbocycles. The lowest BCUT2D eigenvalue weighted by Crippen LogP contribution is -2.25. The summed E-state index contributed by atoms with van der Waals surface area (Å²) in [7, 11) is -3.74. The van der Waals surface area contributed by atoms with Crippen molar-refractivity contribution in [3.63, 3.8) is 0 Å². The van der Waals surface area contributed by atoms with Crippen LogP contribution >= 0.6 is 0 Å². The van der Waals surface area contributed by atoms with Crippen molar-refractivity contribution >= 4 is 21.6 Å². The van der Waals surface area contributed by atoms with Crippen LogP contribution in [0.4, 0.5) is 0 Å². The van der Waals surface area contributed by atoms with Crippen molar-refractivity contribution in [2.24, 2.45) is 5.14 Å². The van der Waals surface area contributed by atoms with Gasteiger partial charge in [-0.2, -0.15) is 0 Å². The molecule has 7 nitrogen and oxygen atoms in total. The molecule has 3 N–H and O–H groups in total. The molecule has 170 valence electrons. The van der Waals surface area contributed by atoms with E-state index in [0.717, 1.165) is 33.7 Å². The van der Waals surface area contributed by atoms with Gasteiger partial charge in [-0.05, 0) is 67.3 Å². The molecule has 0 saturated heterocycles. The summed E-state index contributed by atoms with van der Waals surface area (Å²) in [5, 5.41) is 8.05. The molecule has 0 aliphatic heterocycles. The number of carbonyl (C=O) groups is 1. The first kappa shape index (κ1) is 22.7. The monoisotopic (exact) mass is 462 g/mol. The Morgan fingerprint density at radius 3 is 2.39 bits per heavy atom. The first-order valence-corrected chi connectivity index (χ1v) is 12.1. The van der Waals surface area contributed by atoms with Crippen LogP contribution in [0.15, 0.2) is 65.7 Å². The van der Waals surface area contributed by atoms with Crippen molar-refractivity contribution in [3.05, 3.63) is 88.7 Å². The number of primary sulfonamides is 1. The lowest BCUT2D eigenvalue weighted by Gasteiger charge is -2.09. The predicted molar refractivity (Wildman–Crippen MR) is 128 cm³/mol. The highest BCUT2D eigenvalue weighted by Crippen LogP contribution is 2.28. The number of aromatic nitrogens is 2. The first-order chi connectivity index (χ1) is 15.6. The number of rotatable bonds is 6. The number of benzene rings is 2. The molecule has 2 heterocycles. The van der Waals surface area contributed by atoms with Gasteiger partial charge in [0.1, 0.15) is 5.65 Å². The Bertz CT molecular complexity index is 1460. The van der Waals surface area contributed by atoms with E-state index in [0.29, 0.717) is 0 Å². The fourth-order valence-electron chi connectivity index (χ4n) is 3.75.